The molecule has 0 saturated heterocycles. The number of aromatic carboxylic acids is 1. The Hall–Kier alpha value is -1.58. The topological polar surface area (TPSA) is 46.5 Å². The Labute approximate surface area is 87.5 Å². The molecule has 0 aromatic heterocycles. The van der Waals surface area contributed by atoms with Crippen molar-refractivity contribution in [1.29, 1.82) is 0 Å². The van der Waals surface area contributed by atoms with E-state index < -0.39 is 11.8 Å². The minimum absolute atomic E-state index is 0.0138. The molecule has 0 amide bonds. The van der Waals surface area contributed by atoms with Crippen LogP contribution in [0, 0.1) is 5.82 Å². The average molecular weight is 212 g/mol. The number of hydrogen-bond acceptors (Lipinski definition) is 2. The summed E-state index contributed by atoms with van der Waals surface area (Å²) in [4.78, 5) is 10.5. The fourth-order valence-electron chi connectivity index (χ4n) is 1.06. The van der Waals surface area contributed by atoms with Crippen LogP contribution in [0.4, 0.5) is 4.39 Å². The Kier molecular flexibility index (Phi) is 3.66. The highest BCUT2D eigenvalue weighted by Crippen LogP contribution is 2.18. The van der Waals surface area contributed by atoms with Gasteiger partial charge in [0.2, 0.25) is 0 Å². The second-order valence-electron chi connectivity index (χ2n) is 3.28. The van der Waals surface area contributed by atoms with E-state index >= 15 is 0 Å². The Bertz CT molecular complexity index is 363. The minimum Gasteiger partial charge on any atom is -0.491 e. The zero-order valence-electron chi connectivity index (χ0n) is 8.66. The second kappa shape index (κ2) is 4.77. The predicted molar refractivity (Wildman–Crippen MR) is 53.7 cm³/mol. The lowest BCUT2D eigenvalue weighted by molar-refractivity contribution is 0.0692. The van der Waals surface area contributed by atoms with E-state index in [0.29, 0.717) is 5.75 Å². The molecule has 1 aromatic rings. The maximum atomic E-state index is 13.2. The zero-order valence-corrected chi connectivity index (χ0v) is 8.66. The van der Waals surface area contributed by atoms with Crippen molar-refractivity contribution >= 4 is 5.97 Å². The van der Waals surface area contributed by atoms with Gasteiger partial charge in [0.05, 0.1) is 11.7 Å². The van der Waals surface area contributed by atoms with E-state index in [0.717, 1.165) is 12.5 Å². The molecule has 4 heteroatoms. The lowest BCUT2D eigenvalue weighted by atomic mass is 10.2. The fraction of sp³-hybridized carbons (Fsp3) is 0.364. The van der Waals surface area contributed by atoms with Crippen molar-refractivity contribution < 1.29 is 19.0 Å². The smallest absolute Gasteiger partial charge is 0.338 e. The van der Waals surface area contributed by atoms with Gasteiger partial charge in [0.1, 0.15) is 11.6 Å². The Morgan fingerprint density at radius 1 is 1.60 bits per heavy atom. The number of ether oxygens (including phenoxy) is 1. The summed E-state index contributed by atoms with van der Waals surface area (Å²) >= 11 is 0. The summed E-state index contributed by atoms with van der Waals surface area (Å²) < 4.78 is 18.5. The molecule has 1 unspecified atom stereocenters. The highest BCUT2D eigenvalue weighted by atomic mass is 19.1. The number of carboxylic acid groups (broad SMARTS) is 1. The van der Waals surface area contributed by atoms with E-state index in [1.165, 1.54) is 12.1 Å². The van der Waals surface area contributed by atoms with Crippen molar-refractivity contribution in [2.45, 2.75) is 26.4 Å². The van der Waals surface area contributed by atoms with Crippen LogP contribution in [-0.4, -0.2) is 17.2 Å². The van der Waals surface area contributed by atoms with E-state index in [4.69, 9.17) is 9.84 Å². The summed E-state index contributed by atoms with van der Waals surface area (Å²) in [6, 6.07) is 3.75. The van der Waals surface area contributed by atoms with Crippen LogP contribution in [0.25, 0.3) is 0 Å². The van der Waals surface area contributed by atoms with E-state index in [-0.39, 0.29) is 11.7 Å². The molecule has 0 radical (unpaired) electrons. The number of carbonyl (C=O) groups is 1. The summed E-state index contributed by atoms with van der Waals surface area (Å²) in [6.07, 6.45) is 0.794. The van der Waals surface area contributed by atoms with E-state index in [1.807, 2.05) is 13.8 Å². The summed E-state index contributed by atoms with van der Waals surface area (Å²) in [5.41, 5.74) is -0.341. The van der Waals surface area contributed by atoms with Gasteiger partial charge in [-0.05, 0) is 25.5 Å². The van der Waals surface area contributed by atoms with Crippen LogP contribution in [-0.2, 0) is 0 Å². The molecule has 0 bridgehead atoms. The second-order valence-corrected chi connectivity index (χ2v) is 3.28. The lowest BCUT2D eigenvalue weighted by Gasteiger charge is -2.12. The van der Waals surface area contributed by atoms with Crippen molar-refractivity contribution in [3.63, 3.8) is 0 Å². The predicted octanol–water partition coefficient (Wildman–Crippen LogP) is 2.70. The number of halogens is 1. The van der Waals surface area contributed by atoms with Crippen molar-refractivity contribution in [2.75, 3.05) is 0 Å². The van der Waals surface area contributed by atoms with E-state index in [1.54, 1.807) is 0 Å². The quantitative estimate of drug-likeness (QED) is 0.834. The van der Waals surface area contributed by atoms with Crippen LogP contribution >= 0.6 is 0 Å². The fourth-order valence-corrected chi connectivity index (χ4v) is 1.06. The SMILES string of the molecule is CCC(C)Oc1ccc(C(=O)O)c(F)c1. The summed E-state index contributed by atoms with van der Waals surface area (Å²) in [5, 5.41) is 8.60. The van der Waals surface area contributed by atoms with Crippen LogP contribution < -0.4 is 4.74 Å². The van der Waals surface area contributed by atoms with Crippen molar-refractivity contribution in [3.05, 3.63) is 29.6 Å². The molecule has 0 aliphatic carbocycles. The molecule has 1 rings (SSSR count). The number of carboxylic acids is 1. The third-order valence-electron chi connectivity index (χ3n) is 2.08. The first-order chi connectivity index (χ1) is 7.04. The van der Waals surface area contributed by atoms with E-state index in [2.05, 4.69) is 0 Å². The lowest BCUT2D eigenvalue weighted by Crippen LogP contribution is -2.10. The molecular weight excluding hydrogens is 199 g/mol. The average Bonchev–Trinajstić information content (AvgIpc) is 2.17. The maximum absolute atomic E-state index is 13.2. The molecule has 1 aromatic carbocycles. The maximum Gasteiger partial charge on any atom is 0.338 e. The molecular formula is C11H13FO3. The molecule has 82 valence electrons. The zero-order chi connectivity index (χ0) is 11.4. The van der Waals surface area contributed by atoms with Crippen LogP contribution in [0.3, 0.4) is 0 Å². The molecule has 0 saturated carbocycles. The van der Waals surface area contributed by atoms with Gasteiger partial charge in [-0.1, -0.05) is 6.92 Å². The summed E-state index contributed by atoms with van der Waals surface area (Å²) in [5.74, 6) is -1.70. The first-order valence-corrected chi connectivity index (χ1v) is 4.74. The Morgan fingerprint density at radius 3 is 2.73 bits per heavy atom. The van der Waals surface area contributed by atoms with Gasteiger partial charge in [0, 0.05) is 6.07 Å². The van der Waals surface area contributed by atoms with Crippen LogP contribution in [0.1, 0.15) is 30.6 Å². The minimum atomic E-state index is -1.28. The van der Waals surface area contributed by atoms with Gasteiger partial charge in [0.25, 0.3) is 0 Å². The third-order valence-corrected chi connectivity index (χ3v) is 2.08. The highest BCUT2D eigenvalue weighted by Gasteiger charge is 2.11. The summed E-state index contributed by atoms with van der Waals surface area (Å²) in [7, 11) is 0. The molecule has 1 N–H and O–H groups in total. The molecule has 15 heavy (non-hydrogen) atoms. The normalized spacial score (nSPS) is 12.2. The Balaban J connectivity index is 2.87. The number of hydrogen-bond donors (Lipinski definition) is 1. The molecule has 1 atom stereocenters. The van der Waals surface area contributed by atoms with Crippen molar-refractivity contribution in [3.8, 4) is 5.75 Å². The number of rotatable bonds is 4. The standard InChI is InChI=1S/C11H13FO3/c1-3-7(2)15-8-4-5-9(11(13)14)10(12)6-8/h4-7H,3H2,1-2H3,(H,13,14). The van der Waals surface area contributed by atoms with Crippen LogP contribution in [0.5, 0.6) is 5.75 Å². The van der Waals surface area contributed by atoms with Gasteiger partial charge < -0.3 is 9.84 Å². The molecule has 0 spiro atoms. The molecule has 0 heterocycles. The molecule has 0 aliphatic rings. The monoisotopic (exact) mass is 212 g/mol. The first kappa shape index (κ1) is 11.5. The van der Waals surface area contributed by atoms with Crippen molar-refractivity contribution in [1.82, 2.24) is 0 Å². The summed E-state index contributed by atoms with van der Waals surface area (Å²) in [6.45, 7) is 3.82. The van der Waals surface area contributed by atoms with Gasteiger partial charge in [-0.2, -0.15) is 0 Å². The van der Waals surface area contributed by atoms with Gasteiger partial charge >= 0.3 is 5.97 Å². The van der Waals surface area contributed by atoms with E-state index in [9.17, 15) is 9.18 Å². The van der Waals surface area contributed by atoms with Gasteiger partial charge in [-0.15, -0.1) is 0 Å². The van der Waals surface area contributed by atoms with Crippen LogP contribution in [0.15, 0.2) is 18.2 Å². The third kappa shape index (κ3) is 2.94. The van der Waals surface area contributed by atoms with Gasteiger partial charge in [-0.25, -0.2) is 9.18 Å². The van der Waals surface area contributed by atoms with Crippen molar-refractivity contribution in [2.24, 2.45) is 0 Å². The molecule has 3 nitrogen and oxygen atoms in total. The molecule has 0 fully saturated rings. The van der Waals surface area contributed by atoms with Gasteiger partial charge in [0.15, 0.2) is 0 Å². The molecule has 0 aliphatic heterocycles. The number of benzene rings is 1. The largest absolute Gasteiger partial charge is 0.491 e. The first-order valence-electron chi connectivity index (χ1n) is 4.74. The Morgan fingerprint density at radius 2 is 2.27 bits per heavy atom. The highest BCUT2D eigenvalue weighted by molar-refractivity contribution is 5.88. The van der Waals surface area contributed by atoms with Gasteiger partial charge in [-0.3, -0.25) is 0 Å². The van der Waals surface area contributed by atoms with Crippen LogP contribution in [0.2, 0.25) is 0 Å².